The lowest BCUT2D eigenvalue weighted by molar-refractivity contribution is 0.0940. The van der Waals surface area contributed by atoms with E-state index in [0.717, 1.165) is 0 Å². The minimum absolute atomic E-state index is 0.0860. The first-order chi connectivity index (χ1) is 7.58. The molecule has 0 aliphatic heterocycles. The van der Waals surface area contributed by atoms with Crippen LogP contribution < -0.4 is 5.32 Å². The van der Waals surface area contributed by atoms with Crippen molar-refractivity contribution in [3.63, 3.8) is 0 Å². The van der Waals surface area contributed by atoms with Gasteiger partial charge < -0.3 is 5.32 Å². The minimum atomic E-state index is -0.419. The summed E-state index contributed by atoms with van der Waals surface area (Å²) in [7, 11) is 0. The van der Waals surface area contributed by atoms with E-state index in [9.17, 15) is 4.79 Å². The fraction of sp³-hybridized carbons (Fsp3) is 0.273. The standard InChI is InChI=1S/C11H10Cl2N2O/c1-3-7(4-2)14-11(16)10-8(12)5-6-9(13)15-10/h1,5-7H,4H2,2H3,(H,14,16). The molecule has 1 atom stereocenters. The Bertz CT molecular complexity index is 440. The quantitative estimate of drug-likeness (QED) is 0.667. The zero-order valence-corrected chi connectivity index (χ0v) is 10.1. The number of terminal acetylenes is 1. The van der Waals surface area contributed by atoms with Gasteiger partial charge in [-0.25, -0.2) is 4.98 Å². The zero-order valence-electron chi connectivity index (χ0n) is 8.63. The molecule has 1 heterocycles. The number of amides is 1. The predicted molar refractivity (Wildman–Crippen MR) is 64.6 cm³/mol. The number of carbonyl (C=O) groups is 1. The Kier molecular flexibility index (Phi) is 4.60. The van der Waals surface area contributed by atoms with Crippen molar-refractivity contribution >= 4 is 29.1 Å². The van der Waals surface area contributed by atoms with E-state index in [4.69, 9.17) is 29.6 Å². The fourth-order valence-corrected chi connectivity index (χ4v) is 1.40. The molecule has 0 aliphatic carbocycles. The molecule has 0 aliphatic rings. The Morgan fingerprint density at radius 3 is 2.88 bits per heavy atom. The van der Waals surface area contributed by atoms with Gasteiger partial charge >= 0.3 is 0 Å². The highest BCUT2D eigenvalue weighted by atomic mass is 35.5. The van der Waals surface area contributed by atoms with E-state index in [1.807, 2.05) is 6.92 Å². The molecule has 3 nitrogen and oxygen atoms in total. The maximum atomic E-state index is 11.7. The lowest BCUT2D eigenvalue weighted by atomic mass is 10.2. The summed E-state index contributed by atoms with van der Waals surface area (Å²) in [6.07, 6.45) is 5.87. The normalized spacial score (nSPS) is 11.6. The Labute approximate surface area is 104 Å². The summed E-state index contributed by atoms with van der Waals surface area (Å²) in [5, 5.41) is 3.08. The van der Waals surface area contributed by atoms with Crippen molar-refractivity contribution in [1.82, 2.24) is 10.3 Å². The molecule has 0 fully saturated rings. The molecule has 84 valence electrons. The van der Waals surface area contributed by atoms with Gasteiger partial charge in [0.25, 0.3) is 5.91 Å². The van der Waals surface area contributed by atoms with Gasteiger partial charge in [0.2, 0.25) is 0 Å². The lowest BCUT2D eigenvalue weighted by Gasteiger charge is -2.10. The SMILES string of the molecule is C#CC(CC)NC(=O)c1nc(Cl)ccc1Cl. The molecule has 1 aromatic heterocycles. The molecule has 0 saturated heterocycles. The first kappa shape index (κ1) is 12.8. The van der Waals surface area contributed by atoms with Crippen LogP contribution in [0.3, 0.4) is 0 Å². The molecule has 5 heteroatoms. The molecule has 0 spiro atoms. The molecule has 1 amide bonds. The van der Waals surface area contributed by atoms with Crippen LogP contribution in [0.5, 0.6) is 0 Å². The van der Waals surface area contributed by atoms with E-state index >= 15 is 0 Å². The van der Waals surface area contributed by atoms with Crippen molar-refractivity contribution in [2.24, 2.45) is 0 Å². The molecule has 1 aromatic rings. The lowest BCUT2D eigenvalue weighted by Crippen LogP contribution is -2.33. The Hall–Kier alpha value is -1.24. The number of nitrogens with one attached hydrogen (secondary N) is 1. The van der Waals surface area contributed by atoms with Gasteiger partial charge in [-0.15, -0.1) is 6.42 Å². The van der Waals surface area contributed by atoms with Crippen molar-refractivity contribution in [2.45, 2.75) is 19.4 Å². The monoisotopic (exact) mass is 256 g/mol. The maximum Gasteiger partial charge on any atom is 0.272 e. The first-order valence-electron chi connectivity index (χ1n) is 4.67. The number of aromatic nitrogens is 1. The second-order valence-corrected chi connectivity index (χ2v) is 3.86. The predicted octanol–water partition coefficient (Wildman–Crippen LogP) is 2.53. The van der Waals surface area contributed by atoms with Crippen LogP contribution in [-0.2, 0) is 0 Å². The third-order valence-electron chi connectivity index (χ3n) is 1.94. The van der Waals surface area contributed by atoms with Crippen LogP contribution in [0, 0.1) is 12.3 Å². The maximum absolute atomic E-state index is 11.7. The molecule has 1 N–H and O–H groups in total. The van der Waals surface area contributed by atoms with Gasteiger partial charge in [-0.2, -0.15) is 0 Å². The van der Waals surface area contributed by atoms with Gasteiger partial charge in [0.15, 0.2) is 0 Å². The van der Waals surface area contributed by atoms with E-state index < -0.39 is 5.91 Å². The van der Waals surface area contributed by atoms with Crippen molar-refractivity contribution in [3.8, 4) is 12.3 Å². The highest BCUT2D eigenvalue weighted by Gasteiger charge is 2.15. The topological polar surface area (TPSA) is 42.0 Å². The summed E-state index contributed by atoms with van der Waals surface area (Å²) >= 11 is 11.5. The van der Waals surface area contributed by atoms with Crippen LogP contribution in [0.4, 0.5) is 0 Å². The molecule has 0 radical (unpaired) electrons. The molecular weight excluding hydrogens is 247 g/mol. The number of nitrogens with zero attached hydrogens (tertiary/aromatic N) is 1. The van der Waals surface area contributed by atoms with E-state index in [-0.39, 0.29) is 21.9 Å². The van der Waals surface area contributed by atoms with E-state index in [2.05, 4.69) is 16.2 Å². The summed E-state index contributed by atoms with van der Waals surface area (Å²) in [5.41, 5.74) is 0.0860. The van der Waals surface area contributed by atoms with Gasteiger partial charge in [-0.3, -0.25) is 4.79 Å². The van der Waals surface area contributed by atoms with Crippen LogP contribution in [0.25, 0.3) is 0 Å². The zero-order chi connectivity index (χ0) is 12.1. The average molecular weight is 257 g/mol. The summed E-state index contributed by atoms with van der Waals surface area (Å²) in [4.78, 5) is 15.6. The number of pyridine rings is 1. The molecular formula is C11H10Cl2N2O. The van der Waals surface area contributed by atoms with Gasteiger partial charge in [0.1, 0.15) is 10.8 Å². The highest BCUT2D eigenvalue weighted by Crippen LogP contribution is 2.16. The van der Waals surface area contributed by atoms with Crippen LogP contribution in [0.15, 0.2) is 12.1 Å². The van der Waals surface area contributed by atoms with Gasteiger partial charge in [0, 0.05) is 0 Å². The average Bonchev–Trinajstić information content (AvgIpc) is 2.28. The minimum Gasteiger partial charge on any atom is -0.337 e. The van der Waals surface area contributed by atoms with Crippen molar-refractivity contribution in [1.29, 1.82) is 0 Å². The Morgan fingerprint density at radius 1 is 1.62 bits per heavy atom. The molecule has 1 unspecified atom stereocenters. The molecule has 1 rings (SSSR count). The third-order valence-corrected chi connectivity index (χ3v) is 2.46. The third kappa shape index (κ3) is 3.13. The smallest absolute Gasteiger partial charge is 0.272 e. The number of hydrogen-bond acceptors (Lipinski definition) is 2. The Morgan fingerprint density at radius 2 is 2.31 bits per heavy atom. The van der Waals surface area contributed by atoms with Crippen LogP contribution in [0.1, 0.15) is 23.8 Å². The van der Waals surface area contributed by atoms with E-state index in [1.165, 1.54) is 12.1 Å². The van der Waals surface area contributed by atoms with E-state index in [0.29, 0.717) is 6.42 Å². The Balaban J connectivity index is 2.89. The summed E-state index contributed by atoms with van der Waals surface area (Å²) in [6, 6.07) is 2.70. The van der Waals surface area contributed by atoms with Crippen molar-refractivity contribution in [3.05, 3.63) is 28.0 Å². The number of carbonyl (C=O) groups excluding carboxylic acids is 1. The van der Waals surface area contributed by atoms with Crippen molar-refractivity contribution in [2.75, 3.05) is 0 Å². The van der Waals surface area contributed by atoms with Crippen LogP contribution in [0.2, 0.25) is 10.2 Å². The summed E-state index contributed by atoms with van der Waals surface area (Å²) < 4.78 is 0. The fourth-order valence-electron chi connectivity index (χ4n) is 1.07. The van der Waals surface area contributed by atoms with Gasteiger partial charge in [-0.1, -0.05) is 36.0 Å². The van der Waals surface area contributed by atoms with Gasteiger partial charge in [0.05, 0.1) is 11.1 Å². The molecule has 16 heavy (non-hydrogen) atoms. The van der Waals surface area contributed by atoms with E-state index in [1.54, 1.807) is 0 Å². The van der Waals surface area contributed by atoms with Crippen LogP contribution in [-0.4, -0.2) is 16.9 Å². The summed E-state index contributed by atoms with van der Waals surface area (Å²) in [6.45, 7) is 1.87. The molecule has 0 saturated carbocycles. The molecule has 0 aromatic carbocycles. The largest absolute Gasteiger partial charge is 0.337 e. The molecule has 0 bridgehead atoms. The first-order valence-corrected chi connectivity index (χ1v) is 5.43. The number of halogens is 2. The van der Waals surface area contributed by atoms with Gasteiger partial charge in [-0.05, 0) is 18.6 Å². The number of rotatable bonds is 3. The summed E-state index contributed by atoms with van der Waals surface area (Å²) in [5.74, 6) is 2.03. The number of hydrogen-bond donors (Lipinski definition) is 1. The van der Waals surface area contributed by atoms with Crippen LogP contribution >= 0.6 is 23.2 Å². The van der Waals surface area contributed by atoms with Crippen molar-refractivity contribution < 1.29 is 4.79 Å². The second kappa shape index (κ2) is 5.74. The highest BCUT2D eigenvalue weighted by molar-refractivity contribution is 6.34. The second-order valence-electron chi connectivity index (χ2n) is 3.07.